The van der Waals surface area contributed by atoms with E-state index in [0.717, 1.165) is 19.4 Å². The van der Waals surface area contributed by atoms with Gasteiger partial charge in [-0.3, -0.25) is 4.79 Å². The summed E-state index contributed by atoms with van der Waals surface area (Å²) in [6, 6.07) is 1.70. The Morgan fingerprint density at radius 1 is 1.67 bits per heavy atom. The SMILES string of the molecule is CCCNc1cc(C(=O)N2CCC(C(C)O)C2)c(Cl)cn1. The number of carbonyl (C=O) groups excluding carboxylic acids is 1. The van der Waals surface area contributed by atoms with Crippen LogP contribution in [0.4, 0.5) is 5.82 Å². The number of pyridine rings is 1. The van der Waals surface area contributed by atoms with E-state index >= 15 is 0 Å². The monoisotopic (exact) mass is 311 g/mol. The van der Waals surface area contributed by atoms with Crippen LogP contribution in [0.1, 0.15) is 37.0 Å². The third kappa shape index (κ3) is 3.86. The van der Waals surface area contributed by atoms with Gasteiger partial charge in [0.2, 0.25) is 0 Å². The van der Waals surface area contributed by atoms with Gasteiger partial charge in [-0.2, -0.15) is 0 Å². The minimum Gasteiger partial charge on any atom is -0.393 e. The molecular formula is C15H22ClN3O2. The number of aromatic nitrogens is 1. The second kappa shape index (κ2) is 7.09. The molecule has 2 rings (SSSR count). The molecule has 2 heterocycles. The van der Waals surface area contributed by atoms with Crippen LogP contribution in [0, 0.1) is 5.92 Å². The third-order valence-corrected chi connectivity index (χ3v) is 4.14. The summed E-state index contributed by atoms with van der Waals surface area (Å²) in [5, 5.41) is 13.2. The Morgan fingerprint density at radius 3 is 3.05 bits per heavy atom. The Kier molecular flexibility index (Phi) is 5.42. The van der Waals surface area contributed by atoms with Crippen LogP contribution in [0.2, 0.25) is 5.02 Å². The van der Waals surface area contributed by atoms with Crippen LogP contribution in [-0.2, 0) is 0 Å². The largest absolute Gasteiger partial charge is 0.393 e. The number of rotatable bonds is 5. The number of nitrogens with one attached hydrogen (secondary N) is 1. The average Bonchev–Trinajstić information content (AvgIpc) is 2.95. The van der Waals surface area contributed by atoms with Gasteiger partial charge in [0.25, 0.3) is 5.91 Å². The van der Waals surface area contributed by atoms with E-state index in [0.29, 0.717) is 29.5 Å². The molecule has 1 aliphatic heterocycles. The third-order valence-electron chi connectivity index (χ3n) is 3.84. The molecule has 0 aromatic carbocycles. The van der Waals surface area contributed by atoms with Crippen molar-refractivity contribution in [2.75, 3.05) is 25.0 Å². The maximum atomic E-state index is 12.6. The number of hydrogen-bond donors (Lipinski definition) is 2. The number of amides is 1. The van der Waals surface area contributed by atoms with Crippen molar-refractivity contribution in [3.8, 4) is 0 Å². The quantitative estimate of drug-likeness (QED) is 0.876. The molecular weight excluding hydrogens is 290 g/mol. The van der Waals surface area contributed by atoms with Crippen molar-refractivity contribution >= 4 is 23.3 Å². The van der Waals surface area contributed by atoms with E-state index in [1.165, 1.54) is 6.20 Å². The van der Waals surface area contributed by atoms with Crippen LogP contribution < -0.4 is 5.32 Å². The van der Waals surface area contributed by atoms with Crippen molar-refractivity contribution in [3.05, 3.63) is 22.8 Å². The molecule has 1 aromatic heterocycles. The number of aliphatic hydroxyl groups excluding tert-OH is 1. The number of carbonyl (C=O) groups is 1. The fourth-order valence-electron chi connectivity index (χ4n) is 2.49. The predicted octanol–water partition coefficient (Wildman–Crippen LogP) is 2.40. The molecule has 1 fully saturated rings. The molecule has 1 amide bonds. The van der Waals surface area contributed by atoms with Crippen LogP contribution in [0.15, 0.2) is 12.3 Å². The van der Waals surface area contributed by atoms with Crippen LogP contribution in [0.25, 0.3) is 0 Å². The summed E-state index contributed by atoms with van der Waals surface area (Å²) in [6.45, 7) is 5.87. The first-order chi connectivity index (χ1) is 10.0. The molecule has 2 N–H and O–H groups in total. The second-order valence-corrected chi connectivity index (χ2v) is 5.92. The maximum absolute atomic E-state index is 12.6. The van der Waals surface area contributed by atoms with Crippen LogP contribution in [-0.4, -0.2) is 46.6 Å². The lowest BCUT2D eigenvalue weighted by Gasteiger charge is -2.18. The van der Waals surface area contributed by atoms with Crippen LogP contribution in [0.3, 0.4) is 0 Å². The van der Waals surface area contributed by atoms with E-state index < -0.39 is 6.10 Å². The Balaban J connectivity index is 2.11. The second-order valence-electron chi connectivity index (χ2n) is 5.52. The van der Waals surface area contributed by atoms with Gasteiger partial charge >= 0.3 is 0 Å². The molecule has 1 aliphatic rings. The van der Waals surface area contributed by atoms with E-state index in [2.05, 4.69) is 17.2 Å². The lowest BCUT2D eigenvalue weighted by Crippen LogP contribution is -2.30. The number of hydrogen-bond acceptors (Lipinski definition) is 4. The molecule has 0 aliphatic carbocycles. The van der Waals surface area contributed by atoms with Gasteiger partial charge in [0.1, 0.15) is 5.82 Å². The number of nitrogens with zero attached hydrogens (tertiary/aromatic N) is 2. The van der Waals surface area contributed by atoms with Crippen LogP contribution in [0.5, 0.6) is 0 Å². The lowest BCUT2D eigenvalue weighted by molar-refractivity contribution is 0.0762. The summed E-state index contributed by atoms with van der Waals surface area (Å²) in [5.41, 5.74) is 0.469. The highest BCUT2D eigenvalue weighted by atomic mass is 35.5. The summed E-state index contributed by atoms with van der Waals surface area (Å²) in [6.07, 6.45) is 2.93. The molecule has 1 saturated heterocycles. The van der Waals surface area contributed by atoms with Crippen molar-refractivity contribution in [1.82, 2.24) is 9.88 Å². The highest BCUT2D eigenvalue weighted by Crippen LogP contribution is 2.25. The number of likely N-dealkylation sites (tertiary alicyclic amines) is 1. The smallest absolute Gasteiger partial charge is 0.255 e. The van der Waals surface area contributed by atoms with E-state index in [-0.39, 0.29) is 11.8 Å². The maximum Gasteiger partial charge on any atom is 0.255 e. The Morgan fingerprint density at radius 2 is 2.43 bits per heavy atom. The standard InChI is InChI=1S/C15H22ClN3O2/c1-3-5-17-14-7-12(13(16)8-18-14)15(21)19-6-4-11(9-19)10(2)20/h7-8,10-11,20H,3-6,9H2,1-2H3,(H,17,18). The molecule has 5 nitrogen and oxygen atoms in total. The first kappa shape index (κ1) is 16.0. The van der Waals surface area contributed by atoms with Gasteiger partial charge < -0.3 is 15.3 Å². The highest BCUT2D eigenvalue weighted by molar-refractivity contribution is 6.33. The van der Waals surface area contributed by atoms with Crippen LogP contribution >= 0.6 is 11.6 Å². The molecule has 0 radical (unpaired) electrons. The van der Waals surface area contributed by atoms with E-state index in [9.17, 15) is 9.90 Å². The van der Waals surface area contributed by atoms with Gasteiger partial charge in [-0.15, -0.1) is 0 Å². The summed E-state index contributed by atoms with van der Waals surface area (Å²) >= 11 is 6.12. The topological polar surface area (TPSA) is 65.5 Å². The van der Waals surface area contributed by atoms with E-state index in [4.69, 9.17) is 11.6 Å². The zero-order chi connectivity index (χ0) is 15.4. The molecule has 0 bridgehead atoms. The molecule has 116 valence electrons. The Labute approximate surface area is 130 Å². The van der Waals surface area contributed by atoms with Crippen molar-refractivity contribution < 1.29 is 9.90 Å². The molecule has 2 unspecified atom stereocenters. The first-order valence-corrected chi connectivity index (χ1v) is 7.77. The molecule has 1 aromatic rings. The first-order valence-electron chi connectivity index (χ1n) is 7.39. The van der Waals surface area contributed by atoms with Crippen molar-refractivity contribution in [3.63, 3.8) is 0 Å². The summed E-state index contributed by atoms with van der Waals surface area (Å²) < 4.78 is 0. The predicted molar refractivity (Wildman–Crippen MR) is 83.7 cm³/mol. The molecule has 21 heavy (non-hydrogen) atoms. The fraction of sp³-hybridized carbons (Fsp3) is 0.600. The zero-order valence-corrected chi connectivity index (χ0v) is 13.2. The highest BCUT2D eigenvalue weighted by Gasteiger charge is 2.30. The minimum atomic E-state index is -0.391. The van der Waals surface area contributed by atoms with Gasteiger partial charge in [-0.05, 0) is 25.8 Å². The molecule has 6 heteroatoms. The molecule has 0 spiro atoms. The van der Waals surface area contributed by atoms with Gasteiger partial charge in [0.15, 0.2) is 0 Å². The minimum absolute atomic E-state index is 0.0925. The van der Waals surface area contributed by atoms with Gasteiger partial charge in [0.05, 0.1) is 16.7 Å². The van der Waals surface area contributed by atoms with Gasteiger partial charge in [-0.1, -0.05) is 18.5 Å². The summed E-state index contributed by atoms with van der Waals surface area (Å²) in [7, 11) is 0. The van der Waals surface area contributed by atoms with Gasteiger partial charge in [-0.25, -0.2) is 4.98 Å². The summed E-state index contributed by atoms with van der Waals surface area (Å²) in [4.78, 5) is 18.5. The molecule has 2 atom stereocenters. The normalized spacial score (nSPS) is 19.6. The fourth-order valence-corrected chi connectivity index (χ4v) is 2.67. The number of anilines is 1. The van der Waals surface area contributed by atoms with E-state index in [1.54, 1.807) is 17.9 Å². The number of halogens is 1. The number of aliphatic hydroxyl groups is 1. The van der Waals surface area contributed by atoms with Crippen molar-refractivity contribution in [2.45, 2.75) is 32.8 Å². The summed E-state index contributed by atoms with van der Waals surface area (Å²) in [5.74, 6) is 0.716. The van der Waals surface area contributed by atoms with Crippen molar-refractivity contribution in [2.24, 2.45) is 5.92 Å². The van der Waals surface area contributed by atoms with Gasteiger partial charge in [0, 0.05) is 31.7 Å². The average molecular weight is 312 g/mol. The van der Waals surface area contributed by atoms with Crippen molar-refractivity contribution in [1.29, 1.82) is 0 Å². The lowest BCUT2D eigenvalue weighted by atomic mass is 10.0. The van der Waals surface area contributed by atoms with E-state index in [1.807, 2.05) is 0 Å². The Hall–Kier alpha value is -1.33. The zero-order valence-electron chi connectivity index (χ0n) is 12.5. The molecule has 0 saturated carbocycles. The Bertz CT molecular complexity index is 508.